The highest BCUT2D eigenvalue weighted by molar-refractivity contribution is 5.92. The lowest BCUT2D eigenvalue weighted by atomic mass is 10.1. The highest BCUT2D eigenvalue weighted by atomic mass is 16.5. The molecular formula is C28H31NO5. The summed E-state index contributed by atoms with van der Waals surface area (Å²) in [6.45, 7) is 3.44. The maximum Gasteiger partial charge on any atom is 0.310 e. The summed E-state index contributed by atoms with van der Waals surface area (Å²) in [6, 6.07) is 26.8. The molecule has 6 nitrogen and oxygen atoms in total. The third kappa shape index (κ3) is 8.81. The van der Waals surface area contributed by atoms with Crippen molar-refractivity contribution in [3.63, 3.8) is 0 Å². The molecule has 3 aromatic carbocycles. The third-order valence-electron chi connectivity index (χ3n) is 5.11. The second kappa shape index (κ2) is 13.9. The Kier molecular flexibility index (Phi) is 10.3. The van der Waals surface area contributed by atoms with Crippen LogP contribution in [0.4, 0.5) is 5.69 Å². The summed E-state index contributed by atoms with van der Waals surface area (Å²) in [4.78, 5) is 24.7. The molecule has 0 bridgehead atoms. The number of hydrogen-bond donors (Lipinski definition) is 1. The topological polar surface area (TPSA) is 73.9 Å². The molecule has 0 aromatic heterocycles. The number of amides is 1. The monoisotopic (exact) mass is 461 g/mol. The number of carbonyl (C=O) groups excluding carboxylic acids is 2. The molecule has 0 saturated carbocycles. The molecule has 34 heavy (non-hydrogen) atoms. The van der Waals surface area contributed by atoms with Gasteiger partial charge in [-0.2, -0.15) is 0 Å². The van der Waals surface area contributed by atoms with Crippen LogP contribution in [-0.2, 0) is 43.4 Å². The van der Waals surface area contributed by atoms with Gasteiger partial charge in [0.25, 0.3) is 0 Å². The maximum absolute atomic E-state index is 13.0. The van der Waals surface area contributed by atoms with Crippen molar-refractivity contribution >= 4 is 17.6 Å². The summed E-state index contributed by atoms with van der Waals surface area (Å²) < 4.78 is 16.6. The first-order valence-electron chi connectivity index (χ1n) is 11.4. The van der Waals surface area contributed by atoms with Crippen LogP contribution in [0.1, 0.15) is 23.6 Å². The number of benzene rings is 3. The molecule has 0 unspecified atom stereocenters. The van der Waals surface area contributed by atoms with E-state index in [9.17, 15) is 9.59 Å². The lowest BCUT2D eigenvalue weighted by Gasteiger charge is -2.18. The van der Waals surface area contributed by atoms with Gasteiger partial charge >= 0.3 is 5.97 Å². The minimum Gasteiger partial charge on any atom is -0.466 e. The normalized spacial score (nSPS) is 10.8. The van der Waals surface area contributed by atoms with Gasteiger partial charge in [0, 0.05) is 5.69 Å². The molecule has 3 rings (SSSR count). The van der Waals surface area contributed by atoms with E-state index in [1.165, 1.54) is 0 Å². The zero-order chi connectivity index (χ0) is 24.0. The van der Waals surface area contributed by atoms with Gasteiger partial charge in [0.2, 0.25) is 5.91 Å². The van der Waals surface area contributed by atoms with Gasteiger partial charge in [-0.3, -0.25) is 9.59 Å². The van der Waals surface area contributed by atoms with Crippen LogP contribution < -0.4 is 5.32 Å². The van der Waals surface area contributed by atoms with Crippen LogP contribution >= 0.6 is 0 Å². The Hall–Kier alpha value is -3.48. The van der Waals surface area contributed by atoms with Crippen LogP contribution in [0.15, 0.2) is 84.9 Å². The summed E-state index contributed by atoms with van der Waals surface area (Å²) in [5.41, 5.74) is 3.56. The van der Waals surface area contributed by atoms with Crippen molar-refractivity contribution in [1.29, 1.82) is 0 Å². The molecule has 178 valence electrons. The molecule has 0 fully saturated rings. The van der Waals surface area contributed by atoms with E-state index in [-0.39, 0.29) is 31.5 Å². The number of rotatable bonds is 13. The van der Waals surface area contributed by atoms with Gasteiger partial charge in [-0.05, 0) is 35.7 Å². The van der Waals surface area contributed by atoms with Crippen molar-refractivity contribution in [1.82, 2.24) is 0 Å². The second-order valence-corrected chi connectivity index (χ2v) is 7.87. The Morgan fingerprint density at radius 3 is 1.76 bits per heavy atom. The lowest BCUT2D eigenvalue weighted by molar-refractivity contribution is -0.142. The first-order chi connectivity index (χ1) is 16.6. The number of anilines is 1. The van der Waals surface area contributed by atoms with Crippen molar-refractivity contribution < 1.29 is 23.8 Å². The van der Waals surface area contributed by atoms with Crippen LogP contribution in [0.5, 0.6) is 0 Å². The van der Waals surface area contributed by atoms with E-state index in [0.29, 0.717) is 25.5 Å². The smallest absolute Gasteiger partial charge is 0.310 e. The van der Waals surface area contributed by atoms with Gasteiger partial charge in [-0.1, -0.05) is 72.8 Å². The minimum absolute atomic E-state index is 0.181. The highest BCUT2D eigenvalue weighted by Gasteiger charge is 2.20. The molecule has 1 amide bonds. The number of carbonyl (C=O) groups is 2. The summed E-state index contributed by atoms with van der Waals surface area (Å²) in [7, 11) is 0. The standard InChI is InChI=1S/C28H31NO5/c1-2-34-27(30)17-22-13-15-26(16-14-22)29-28(31)25(20-32-18-23-9-5-3-6-10-23)21-33-19-24-11-7-4-8-12-24/h3-16,25H,2,17-21H2,1H3,(H,29,31). The van der Waals surface area contributed by atoms with Gasteiger partial charge in [0.1, 0.15) is 0 Å². The third-order valence-corrected chi connectivity index (χ3v) is 5.11. The Labute approximate surface area is 200 Å². The molecule has 1 N–H and O–H groups in total. The predicted octanol–water partition coefficient (Wildman–Crippen LogP) is 4.78. The van der Waals surface area contributed by atoms with E-state index >= 15 is 0 Å². The predicted molar refractivity (Wildman–Crippen MR) is 131 cm³/mol. The first-order valence-corrected chi connectivity index (χ1v) is 11.4. The molecule has 6 heteroatoms. The average Bonchev–Trinajstić information content (AvgIpc) is 2.86. The zero-order valence-corrected chi connectivity index (χ0v) is 19.4. The Morgan fingerprint density at radius 1 is 0.735 bits per heavy atom. The average molecular weight is 462 g/mol. The van der Waals surface area contributed by atoms with Crippen molar-refractivity contribution in [2.24, 2.45) is 5.92 Å². The fraction of sp³-hybridized carbons (Fsp3) is 0.286. The first kappa shape index (κ1) is 25.1. The van der Waals surface area contributed by atoms with Crippen LogP contribution in [0.25, 0.3) is 0 Å². The summed E-state index contributed by atoms with van der Waals surface area (Å²) in [5.74, 6) is -0.934. The molecular weight excluding hydrogens is 430 g/mol. The molecule has 0 aliphatic rings. The second-order valence-electron chi connectivity index (χ2n) is 7.87. The van der Waals surface area contributed by atoms with Crippen molar-refractivity contribution in [2.75, 3.05) is 25.1 Å². The molecule has 0 saturated heterocycles. The zero-order valence-electron chi connectivity index (χ0n) is 19.4. The highest BCUT2D eigenvalue weighted by Crippen LogP contribution is 2.14. The molecule has 0 radical (unpaired) electrons. The molecule has 0 heterocycles. The lowest BCUT2D eigenvalue weighted by Crippen LogP contribution is -2.30. The van der Waals surface area contributed by atoms with Crippen LogP contribution in [-0.4, -0.2) is 31.7 Å². The van der Waals surface area contributed by atoms with Crippen molar-refractivity contribution in [3.05, 3.63) is 102 Å². The number of hydrogen-bond acceptors (Lipinski definition) is 5. The van der Waals surface area contributed by atoms with E-state index in [2.05, 4.69) is 5.32 Å². The Bertz CT molecular complexity index is 960. The van der Waals surface area contributed by atoms with Gasteiger partial charge in [-0.25, -0.2) is 0 Å². The van der Waals surface area contributed by atoms with E-state index < -0.39 is 5.92 Å². The molecule has 0 spiro atoms. The van der Waals surface area contributed by atoms with Gasteiger partial charge in [0.05, 0.1) is 45.4 Å². The fourth-order valence-corrected chi connectivity index (χ4v) is 3.31. The van der Waals surface area contributed by atoms with E-state index in [1.807, 2.05) is 60.7 Å². The number of esters is 1. The minimum atomic E-state index is -0.480. The summed E-state index contributed by atoms with van der Waals surface area (Å²) >= 11 is 0. The van der Waals surface area contributed by atoms with Crippen LogP contribution in [0.2, 0.25) is 0 Å². The van der Waals surface area contributed by atoms with Crippen molar-refractivity contribution in [2.45, 2.75) is 26.6 Å². The maximum atomic E-state index is 13.0. The molecule has 0 atom stereocenters. The molecule has 0 aliphatic carbocycles. The van der Waals surface area contributed by atoms with E-state index in [4.69, 9.17) is 14.2 Å². The van der Waals surface area contributed by atoms with Crippen molar-refractivity contribution in [3.8, 4) is 0 Å². The van der Waals surface area contributed by atoms with Gasteiger partial charge < -0.3 is 19.5 Å². The molecule has 3 aromatic rings. The van der Waals surface area contributed by atoms with Crippen LogP contribution in [0, 0.1) is 5.92 Å². The summed E-state index contributed by atoms with van der Waals surface area (Å²) in [6.07, 6.45) is 0.200. The van der Waals surface area contributed by atoms with Gasteiger partial charge in [0.15, 0.2) is 0 Å². The van der Waals surface area contributed by atoms with Gasteiger partial charge in [-0.15, -0.1) is 0 Å². The molecule has 0 aliphatic heterocycles. The van der Waals surface area contributed by atoms with E-state index in [1.54, 1.807) is 31.2 Å². The Balaban J connectivity index is 1.56. The summed E-state index contributed by atoms with van der Waals surface area (Å²) in [5, 5.41) is 2.93. The Morgan fingerprint density at radius 2 is 1.26 bits per heavy atom. The fourth-order valence-electron chi connectivity index (χ4n) is 3.31. The number of nitrogens with one attached hydrogen (secondary N) is 1. The van der Waals surface area contributed by atoms with E-state index in [0.717, 1.165) is 16.7 Å². The number of ether oxygens (including phenoxy) is 3. The largest absolute Gasteiger partial charge is 0.466 e. The van der Waals surface area contributed by atoms with Crippen LogP contribution in [0.3, 0.4) is 0 Å². The SMILES string of the molecule is CCOC(=O)Cc1ccc(NC(=O)C(COCc2ccccc2)COCc2ccccc2)cc1. The quantitative estimate of drug-likeness (QED) is 0.371.